The lowest BCUT2D eigenvalue weighted by Crippen LogP contribution is -2.32. The van der Waals surface area contributed by atoms with E-state index in [1.54, 1.807) is 6.92 Å². The van der Waals surface area contributed by atoms with Crippen LogP contribution < -0.4 is 10.5 Å². The van der Waals surface area contributed by atoms with Crippen LogP contribution in [0.5, 0.6) is 5.75 Å². The van der Waals surface area contributed by atoms with Crippen LogP contribution in [0.3, 0.4) is 0 Å². The first-order valence-corrected chi connectivity index (χ1v) is 5.01. The van der Waals surface area contributed by atoms with Crippen LogP contribution in [0.4, 0.5) is 17.6 Å². The third kappa shape index (κ3) is 3.33. The van der Waals surface area contributed by atoms with Crippen molar-refractivity contribution in [2.45, 2.75) is 32.2 Å². The molecule has 0 aromatic heterocycles. The van der Waals surface area contributed by atoms with Crippen molar-refractivity contribution < 1.29 is 22.3 Å². The van der Waals surface area contributed by atoms with Crippen molar-refractivity contribution in [1.29, 1.82) is 0 Å². The topological polar surface area (TPSA) is 35.2 Å². The van der Waals surface area contributed by atoms with Crippen LogP contribution in [-0.4, -0.2) is 12.3 Å². The Hall–Kier alpha value is -1.30. The van der Waals surface area contributed by atoms with E-state index in [2.05, 4.69) is 4.74 Å². The normalized spacial score (nSPS) is 15.5. The Morgan fingerprint density at radius 1 is 1.24 bits per heavy atom. The molecule has 1 rings (SSSR count). The second-order valence-corrected chi connectivity index (χ2v) is 3.75. The molecule has 0 spiro atoms. The van der Waals surface area contributed by atoms with Gasteiger partial charge in [0.15, 0.2) is 17.7 Å². The van der Waals surface area contributed by atoms with Crippen LogP contribution in [0, 0.1) is 5.82 Å². The standard InChI is InChI=1S/C11H13F4NO/c1-6(16)8-4-3-5-9(12)10(8)17-7(2)11(13,14)15/h3-7H,16H2,1-2H3. The summed E-state index contributed by atoms with van der Waals surface area (Å²) in [5, 5.41) is 0. The van der Waals surface area contributed by atoms with E-state index in [9.17, 15) is 17.6 Å². The predicted octanol–water partition coefficient (Wildman–Crippen LogP) is 3.18. The van der Waals surface area contributed by atoms with Gasteiger partial charge in [-0.2, -0.15) is 13.2 Å². The van der Waals surface area contributed by atoms with Crippen LogP contribution in [0.2, 0.25) is 0 Å². The quantitative estimate of drug-likeness (QED) is 0.837. The summed E-state index contributed by atoms with van der Waals surface area (Å²) in [6.45, 7) is 2.36. The van der Waals surface area contributed by atoms with Gasteiger partial charge in [0, 0.05) is 11.6 Å². The molecule has 0 aliphatic rings. The molecule has 17 heavy (non-hydrogen) atoms. The first-order valence-electron chi connectivity index (χ1n) is 5.01. The fourth-order valence-electron chi connectivity index (χ4n) is 1.25. The molecule has 0 amide bonds. The fourth-order valence-corrected chi connectivity index (χ4v) is 1.25. The molecule has 0 aliphatic carbocycles. The van der Waals surface area contributed by atoms with E-state index in [4.69, 9.17) is 5.73 Å². The maximum Gasteiger partial charge on any atom is 0.425 e. The average molecular weight is 251 g/mol. The Labute approximate surface area is 96.4 Å². The molecule has 2 atom stereocenters. The smallest absolute Gasteiger partial charge is 0.425 e. The maximum atomic E-state index is 13.4. The third-order valence-corrected chi connectivity index (χ3v) is 2.24. The Morgan fingerprint density at radius 3 is 2.29 bits per heavy atom. The highest BCUT2D eigenvalue weighted by atomic mass is 19.4. The van der Waals surface area contributed by atoms with E-state index in [1.165, 1.54) is 12.1 Å². The maximum absolute atomic E-state index is 13.4. The number of alkyl halides is 3. The molecule has 2 unspecified atom stereocenters. The van der Waals surface area contributed by atoms with Crippen LogP contribution in [0.15, 0.2) is 18.2 Å². The van der Waals surface area contributed by atoms with Crippen molar-refractivity contribution in [2.75, 3.05) is 0 Å². The Morgan fingerprint density at radius 2 is 1.82 bits per heavy atom. The lowest BCUT2D eigenvalue weighted by Gasteiger charge is -2.21. The molecule has 0 saturated carbocycles. The molecule has 2 N–H and O–H groups in total. The number of hydrogen-bond donors (Lipinski definition) is 1. The largest absolute Gasteiger partial charge is 0.478 e. The van der Waals surface area contributed by atoms with Gasteiger partial charge in [0.1, 0.15) is 0 Å². The zero-order valence-corrected chi connectivity index (χ0v) is 9.38. The van der Waals surface area contributed by atoms with Crippen LogP contribution >= 0.6 is 0 Å². The Kier molecular flexibility index (Phi) is 3.98. The molecule has 0 bridgehead atoms. The molecule has 0 aliphatic heterocycles. The minimum absolute atomic E-state index is 0.209. The van der Waals surface area contributed by atoms with E-state index in [0.717, 1.165) is 13.0 Å². The van der Waals surface area contributed by atoms with E-state index >= 15 is 0 Å². The monoisotopic (exact) mass is 251 g/mol. The summed E-state index contributed by atoms with van der Waals surface area (Å²) >= 11 is 0. The Bertz CT molecular complexity index is 390. The second-order valence-electron chi connectivity index (χ2n) is 3.75. The van der Waals surface area contributed by atoms with Crippen LogP contribution in [0.1, 0.15) is 25.5 Å². The minimum Gasteiger partial charge on any atom is -0.478 e. The van der Waals surface area contributed by atoms with Gasteiger partial charge in [0.25, 0.3) is 0 Å². The summed E-state index contributed by atoms with van der Waals surface area (Å²) in [4.78, 5) is 0. The first kappa shape index (κ1) is 13.8. The third-order valence-electron chi connectivity index (χ3n) is 2.24. The van der Waals surface area contributed by atoms with Gasteiger partial charge >= 0.3 is 6.18 Å². The van der Waals surface area contributed by atoms with Crippen molar-refractivity contribution in [3.8, 4) is 5.75 Å². The van der Waals surface area contributed by atoms with Crippen molar-refractivity contribution >= 4 is 0 Å². The molecule has 96 valence electrons. The van der Waals surface area contributed by atoms with Gasteiger partial charge in [0.05, 0.1) is 0 Å². The number of ether oxygens (including phenoxy) is 1. The van der Waals surface area contributed by atoms with Crippen molar-refractivity contribution in [1.82, 2.24) is 0 Å². The van der Waals surface area contributed by atoms with Crippen molar-refractivity contribution in [3.05, 3.63) is 29.6 Å². The van der Waals surface area contributed by atoms with Crippen LogP contribution in [0.25, 0.3) is 0 Å². The fraction of sp³-hybridized carbons (Fsp3) is 0.455. The molecular weight excluding hydrogens is 238 g/mol. The number of halogens is 4. The zero-order valence-electron chi connectivity index (χ0n) is 9.38. The zero-order chi connectivity index (χ0) is 13.2. The van der Waals surface area contributed by atoms with E-state index in [0.29, 0.717) is 0 Å². The highest BCUT2D eigenvalue weighted by molar-refractivity contribution is 5.37. The summed E-state index contributed by atoms with van der Waals surface area (Å²) in [5.74, 6) is -1.29. The highest BCUT2D eigenvalue weighted by Gasteiger charge is 2.38. The second kappa shape index (κ2) is 4.91. The van der Waals surface area contributed by atoms with E-state index < -0.39 is 29.9 Å². The summed E-state index contributed by atoms with van der Waals surface area (Å²) in [6, 6.07) is 3.23. The van der Waals surface area contributed by atoms with Gasteiger partial charge < -0.3 is 10.5 Å². The number of hydrogen-bond acceptors (Lipinski definition) is 2. The first-order chi connectivity index (χ1) is 7.73. The van der Waals surface area contributed by atoms with Gasteiger partial charge in [-0.3, -0.25) is 0 Å². The molecule has 0 fully saturated rings. The summed E-state index contributed by atoms with van der Waals surface area (Å²) in [6.07, 6.45) is -6.63. The summed E-state index contributed by atoms with van der Waals surface area (Å²) in [5.41, 5.74) is 5.75. The van der Waals surface area contributed by atoms with E-state index in [1.807, 2.05) is 0 Å². The number of para-hydroxylation sites is 1. The lowest BCUT2D eigenvalue weighted by atomic mass is 10.1. The molecule has 0 radical (unpaired) electrons. The minimum atomic E-state index is -4.54. The average Bonchev–Trinajstić information content (AvgIpc) is 2.18. The SMILES string of the molecule is CC(N)c1cccc(F)c1OC(C)C(F)(F)F. The Balaban J connectivity index is 3.05. The number of rotatable bonds is 3. The van der Waals surface area contributed by atoms with Gasteiger partial charge in [-0.15, -0.1) is 0 Å². The molecule has 6 heteroatoms. The summed E-state index contributed by atoms with van der Waals surface area (Å²) in [7, 11) is 0. The number of nitrogens with two attached hydrogens (primary N) is 1. The van der Waals surface area contributed by atoms with Gasteiger partial charge in [-0.05, 0) is 19.9 Å². The van der Waals surface area contributed by atoms with Gasteiger partial charge in [0.2, 0.25) is 0 Å². The molecule has 1 aromatic rings. The molecule has 1 aromatic carbocycles. The van der Waals surface area contributed by atoms with Gasteiger partial charge in [-0.1, -0.05) is 12.1 Å². The summed E-state index contributed by atoms with van der Waals surface area (Å²) < 4.78 is 55.0. The molecule has 0 heterocycles. The van der Waals surface area contributed by atoms with Crippen LogP contribution in [-0.2, 0) is 0 Å². The molecule has 2 nitrogen and oxygen atoms in total. The lowest BCUT2D eigenvalue weighted by molar-refractivity contribution is -0.189. The van der Waals surface area contributed by atoms with E-state index in [-0.39, 0.29) is 5.56 Å². The number of benzene rings is 1. The molecular formula is C11H13F4NO. The predicted molar refractivity (Wildman–Crippen MR) is 55.1 cm³/mol. The van der Waals surface area contributed by atoms with Gasteiger partial charge in [-0.25, -0.2) is 4.39 Å². The highest BCUT2D eigenvalue weighted by Crippen LogP contribution is 2.31. The van der Waals surface area contributed by atoms with Crippen molar-refractivity contribution in [3.63, 3.8) is 0 Å². The van der Waals surface area contributed by atoms with Crippen molar-refractivity contribution in [2.24, 2.45) is 5.73 Å². The molecule has 0 saturated heterocycles.